The quantitative estimate of drug-likeness (QED) is 0.240. The molecule has 0 aromatic heterocycles. The monoisotopic (exact) mass is 547 g/mol. The summed E-state index contributed by atoms with van der Waals surface area (Å²) in [6.07, 6.45) is 2.13. The summed E-state index contributed by atoms with van der Waals surface area (Å²) in [4.78, 5) is 0. The molecule has 10 atom stereocenters. The van der Waals surface area contributed by atoms with Crippen LogP contribution < -0.4 is 0 Å². The lowest BCUT2D eigenvalue weighted by Crippen LogP contribution is -2.60. The first-order valence-corrected chi connectivity index (χ1v) is 18.4. The minimum absolute atomic E-state index is 0.00641. The third kappa shape index (κ3) is 2.99. The SMILES string of the molecule is C=C1C[C@@H]2CC3(C#N)[C@@H]([C@@H]4C(C[C@H]3OCc3ccccc3)C4(C)C)[C@]3(C)OC(C)(C)O[C@@H]3[C@]23O[C@]13[Si](C)(C)C. The van der Waals surface area contributed by atoms with Crippen LogP contribution in [0.25, 0.3) is 0 Å². The second-order valence-electron chi connectivity index (χ2n) is 15.8. The van der Waals surface area contributed by atoms with Crippen molar-refractivity contribution in [1.29, 1.82) is 5.26 Å². The molecular weight excluding hydrogens is 502 g/mol. The molecule has 210 valence electrons. The van der Waals surface area contributed by atoms with Gasteiger partial charge in [-0.3, -0.25) is 0 Å². The fourth-order valence-corrected chi connectivity index (χ4v) is 13.9. The fraction of sp³-hybridized carbons (Fsp3) is 0.727. The van der Waals surface area contributed by atoms with E-state index < -0.39 is 30.5 Å². The number of epoxide rings is 1. The highest BCUT2D eigenvalue weighted by Gasteiger charge is 2.92. The van der Waals surface area contributed by atoms with Crippen LogP contribution in [-0.2, 0) is 25.6 Å². The molecule has 5 nitrogen and oxygen atoms in total. The van der Waals surface area contributed by atoms with Crippen molar-refractivity contribution in [2.24, 2.45) is 34.5 Å². The van der Waals surface area contributed by atoms with Gasteiger partial charge in [0.15, 0.2) is 5.79 Å². The topological polar surface area (TPSA) is 64.0 Å². The van der Waals surface area contributed by atoms with Crippen molar-refractivity contribution in [3.63, 3.8) is 0 Å². The summed E-state index contributed by atoms with van der Waals surface area (Å²) in [5.41, 5.74) is 0.615. The maximum atomic E-state index is 11.4. The number of hydrogen-bond acceptors (Lipinski definition) is 5. The van der Waals surface area contributed by atoms with E-state index in [-0.39, 0.29) is 34.7 Å². The zero-order valence-corrected chi connectivity index (χ0v) is 26.0. The zero-order valence-electron chi connectivity index (χ0n) is 25.0. The Morgan fingerprint density at radius 1 is 1.08 bits per heavy atom. The summed E-state index contributed by atoms with van der Waals surface area (Å²) >= 11 is 0. The minimum Gasteiger partial charge on any atom is -0.372 e. The van der Waals surface area contributed by atoms with Gasteiger partial charge in [0, 0.05) is 5.92 Å². The first-order valence-electron chi connectivity index (χ1n) is 14.9. The molecule has 1 aromatic rings. The van der Waals surface area contributed by atoms with Crippen LogP contribution in [-0.4, -0.2) is 42.5 Å². The Morgan fingerprint density at radius 3 is 2.38 bits per heavy atom. The van der Waals surface area contributed by atoms with Gasteiger partial charge in [-0.15, -0.1) is 0 Å². The van der Waals surface area contributed by atoms with Crippen LogP contribution in [0.15, 0.2) is 42.5 Å². The lowest BCUT2D eigenvalue weighted by molar-refractivity contribution is -0.200. The summed E-state index contributed by atoms with van der Waals surface area (Å²) in [5.74, 6) is 0.279. The van der Waals surface area contributed by atoms with Gasteiger partial charge in [-0.05, 0) is 74.3 Å². The fourth-order valence-electron chi connectivity index (χ4n) is 10.8. The Hall–Kier alpha value is -1.49. The molecule has 0 amide bonds. The standard InChI is InChI=1S/C33H45NO4Si/c1-20-15-22-17-31(19-34)24(35-18-21-13-11-10-12-14-21)16-23-25(28(23,2)3)26(31)30(6)27(36-29(4,5)37-30)32(22)33(20,38-32)39(7,8)9/h10-14,22-27H,1,15-18H2,2-9H3/t22-,23?,24-,25+,26+,27+,30+,31?,32-,33+/m1/s1. The minimum atomic E-state index is -1.88. The summed E-state index contributed by atoms with van der Waals surface area (Å²) in [6.45, 7) is 23.4. The number of nitrogens with zero attached hydrogens (tertiary/aromatic N) is 1. The molecule has 2 aliphatic heterocycles. The van der Waals surface area contributed by atoms with E-state index in [9.17, 15) is 5.26 Å². The number of hydrogen-bond donors (Lipinski definition) is 0. The Labute approximate surface area is 235 Å². The number of fused-ring (bicyclic) bond motifs is 5. The van der Waals surface area contributed by atoms with Crippen LogP contribution in [0.4, 0.5) is 0 Å². The molecule has 1 aromatic carbocycles. The van der Waals surface area contributed by atoms with Gasteiger partial charge in [-0.1, -0.05) is 70.4 Å². The molecule has 4 aliphatic carbocycles. The normalized spacial score (nSPS) is 50.0. The van der Waals surface area contributed by atoms with Gasteiger partial charge in [0.1, 0.15) is 22.5 Å². The van der Waals surface area contributed by atoms with E-state index in [1.807, 2.05) is 19.9 Å². The maximum absolute atomic E-state index is 11.4. The van der Waals surface area contributed by atoms with Gasteiger partial charge >= 0.3 is 0 Å². The number of nitriles is 1. The lowest BCUT2D eigenvalue weighted by atomic mass is 9.57. The molecule has 0 radical (unpaired) electrons. The van der Waals surface area contributed by atoms with Crippen molar-refractivity contribution in [3.05, 3.63) is 48.0 Å². The van der Waals surface area contributed by atoms with Crippen molar-refractivity contribution >= 4 is 8.07 Å². The molecule has 2 unspecified atom stereocenters. The van der Waals surface area contributed by atoms with Crippen molar-refractivity contribution in [3.8, 4) is 6.07 Å². The molecule has 2 saturated heterocycles. The summed E-state index contributed by atoms with van der Waals surface area (Å²) in [5, 5.41) is 11.0. The van der Waals surface area contributed by atoms with E-state index in [4.69, 9.17) is 18.9 Å². The van der Waals surface area contributed by atoms with Gasteiger partial charge in [-0.2, -0.15) is 5.26 Å². The molecule has 1 spiro atoms. The van der Waals surface area contributed by atoms with Crippen LogP contribution >= 0.6 is 0 Å². The molecule has 6 fully saturated rings. The van der Waals surface area contributed by atoms with Gasteiger partial charge in [0.25, 0.3) is 0 Å². The van der Waals surface area contributed by atoms with E-state index in [1.54, 1.807) is 0 Å². The molecule has 6 aliphatic rings. The summed E-state index contributed by atoms with van der Waals surface area (Å²) in [6, 6.07) is 13.4. The van der Waals surface area contributed by atoms with E-state index in [0.29, 0.717) is 18.4 Å². The number of rotatable bonds is 4. The summed E-state index contributed by atoms with van der Waals surface area (Å²) in [7, 11) is -1.88. The summed E-state index contributed by atoms with van der Waals surface area (Å²) < 4.78 is 28.1. The average molecular weight is 548 g/mol. The molecule has 7 rings (SSSR count). The second kappa shape index (κ2) is 7.47. The first kappa shape index (κ1) is 26.4. The predicted molar refractivity (Wildman–Crippen MR) is 152 cm³/mol. The van der Waals surface area contributed by atoms with Crippen molar-refractivity contribution < 1.29 is 18.9 Å². The largest absolute Gasteiger partial charge is 0.372 e. The average Bonchev–Trinajstić information content (AvgIpc) is 3.64. The molecule has 0 N–H and O–H groups in total. The van der Waals surface area contributed by atoms with Gasteiger partial charge < -0.3 is 18.9 Å². The molecule has 0 bridgehead atoms. The smallest absolute Gasteiger partial charge is 0.164 e. The third-order valence-electron chi connectivity index (χ3n) is 12.1. The zero-order chi connectivity index (χ0) is 28.0. The third-order valence-corrected chi connectivity index (χ3v) is 15.0. The van der Waals surface area contributed by atoms with Gasteiger partial charge in [0.2, 0.25) is 0 Å². The molecule has 2 heterocycles. The van der Waals surface area contributed by atoms with E-state index >= 15 is 0 Å². The Bertz CT molecular complexity index is 1280. The van der Waals surface area contributed by atoms with E-state index in [0.717, 1.165) is 24.8 Å². The van der Waals surface area contributed by atoms with Crippen LogP contribution in [0.5, 0.6) is 0 Å². The molecular formula is C33H45NO4Si. The first-order chi connectivity index (χ1) is 18.1. The number of ether oxygens (including phenoxy) is 4. The molecule has 39 heavy (non-hydrogen) atoms. The second-order valence-corrected chi connectivity index (χ2v) is 21.0. The molecule has 4 saturated carbocycles. The van der Waals surface area contributed by atoms with Crippen molar-refractivity contribution in [1.82, 2.24) is 0 Å². The van der Waals surface area contributed by atoms with Crippen molar-refractivity contribution in [2.75, 3.05) is 0 Å². The van der Waals surface area contributed by atoms with E-state index in [1.165, 1.54) is 5.57 Å². The van der Waals surface area contributed by atoms with Crippen LogP contribution in [0.1, 0.15) is 59.4 Å². The lowest BCUT2D eigenvalue weighted by Gasteiger charge is -2.50. The highest BCUT2D eigenvalue weighted by Crippen LogP contribution is 2.81. The van der Waals surface area contributed by atoms with Gasteiger partial charge in [-0.25, -0.2) is 0 Å². The van der Waals surface area contributed by atoms with Gasteiger partial charge in [0.05, 0.1) is 32.3 Å². The van der Waals surface area contributed by atoms with E-state index in [2.05, 4.69) is 77.3 Å². The van der Waals surface area contributed by atoms with Crippen LogP contribution in [0.2, 0.25) is 19.6 Å². The van der Waals surface area contributed by atoms with Crippen molar-refractivity contribution in [2.45, 2.75) is 115 Å². The highest BCUT2D eigenvalue weighted by atomic mass is 28.3. The predicted octanol–water partition coefficient (Wildman–Crippen LogP) is 6.65. The highest BCUT2D eigenvalue weighted by molar-refractivity contribution is 6.81. The molecule has 6 heteroatoms. The number of benzene rings is 1. The Morgan fingerprint density at radius 2 is 1.77 bits per heavy atom. The Kier molecular flexibility index (Phi) is 5.06. The van der Waals surface area contributed by atoms with Crippen LogP contribution in [0.3, 0.4) is 0 Å². The Balaban J connectivity index is 1.40. The maximum Gasteiger partial charge on any atom is 0.164 e. The van der Waals surface area contributed by atoms with Crippen LogP contribution in [0, 0.1) is 45.8 Å².